The van der Waals surface area contributed by atoms with Crippen molar-refractivity contribution in [2.24, 2.45) is 4.99 Å². The number of nitrogens with one attached hydrogen (secondary N) is 1. The number of benzene rings is 1. The summed E-state index contributed by atoms with van der Waals surface area (Å²) in [7, 11) is 0. The van der Waals surface area contributed by atoms with Crippen molar-refractivity contribution >= 4 is 56.9 Å². The molecule has 8 heteroatoms. The van der Waals surface area contributed by atoms with E-state index < -0.39 is 12.0 Å². The molecule has 2 aromatic heterocycles. The average Bonchev–Trinajstić information content (AvgIpc) is 3.19. The van der Waals surface area contributed by atoms with E-state index in [2.05, 4.69) is 14.9 Å². The second-order valence-electron chi connectivity index (χ2n) is 6.87. The van der Waals surface area contributed by atoms with Crippen LogP contribution < -0.4 is 5.32 Å². The molecule has 150 valence electrons. The molecule has 0 radical (unpaired) electrons. The average molecular weight is 448 g/mol. The number of carbonyl (C=O) groups excluding carboxylic acids is 1. The van der Waals surface area contributed by atoms with E-state index in [4.69, 9.17) is 23.2 Å². The first-order chi connectivity index (χ1) is 13.9. The van der Waals surface area contributed by atoms with Crippen LogP contribution in [0.3, 0.4) is 0 Å². The van der Waals surface area contributed by atoms with Crippen molar-refractivity contribution in [3.63, 3.8) is 0 Å². The summed E-state index contributed by atoms with van der Waals surface area (Å²) in [6.45, 7) is 3.13. The second kappa shape index (κ2) is 8.32. The summed E-state index contributed by atoms with van der Waals surface area (Å²) < 4.78 is 2.69. The Balaban J connectivity index is 1.69. The summed E-state index contributed by atoms with van der Waals surface area (Å²) in [5.41, 5.74) is 3.23. The van der Waals surface area contributed by atoms with Gasteiger partial charge in [-0.2, -0.15) is 0 Å². The molecule has 1 aromatic carbocycles. The van der Waals surface area contributed by atoms with Crippen LogP contribution in [0, 0.1) is 6.92 Å². The van der Waals surface area contributed by atoms with Crippen LogP contribution in [0.15, 0.2) is 47.1 Å². The molecule has 29 heavy (non-hydrogen) atoms. The number of halogens is 2. The Bertz CT molecular complexity index is 1130. The summed E-state index contributed by atoms with van der Waals surface area (Å²) in [5, 5.41) is 15.2. The van der Waals surface area contributed by atoms with Gasteiger partial charge >= 0.3 is 0 Å². The summed E-state index contributed by atoms with van der Waals surface area (Å²) in [5.74, 6) is -0.456. The molecule has 0 fully saturated rings. The fourth-order valence-electron chi connectivity index (χ4n) is 3.49. The molecule has 2 N–H and O–H groups in total. The quantitative estimate of drug-likeness (QED) is 0.585. The molecule has 1 unspecified atom stereocenters. The van der Waals surface area contributed by atoms with Crippen LogP contribution in [-0.4, -0.2) is 28.3 Å². The van der Waals surface area contributed by atoms with E-state index in [1.807, 2.05) is 37.3 Å². The molecule has 0 saturated heterocycles. The molecule has 4 rings (SSSR count). The second-order valence-corrected chi connectivity index (χ2v) is 8.97. The van der Waals surface area contributed by atoms with Crippen LogP contribution >= 0.6 is 34.5 Å². The van der Waals surface area contributed by atoms with E-state index in [-0.39, 0.29) is 0 Å². The van der Waals surface area contributed by atoms with E-state index in [1.165, 1.54) is 11.3 Å². The number of thiophene rings is 1. The Hall–Kier alpha value is -2.12. The molecule has 1 atom stereocenters. The lowest BCUT2D eigenvalue weighted by Gasteiger charge is -2.16. The SMILES string of the molecule is Cc1c(C(O)C(=O)NC2=CC=NCC2)c2cc(Cl)sc2n1Cc1ccc(Cl)cc1. The minimum absolute atomic E-state index is 0.456. The van der Waals surface area contributed by atoms with Crippen LogP contribution in [0.5, 0.6) is 0 Å². The number of nitrogens with zero attached hydrogens (tertiary/aromatic N) is 2. The van der Waals surface area contributed by atoms with Gasteiger partial charge in [0.1, 0.15) is 4.83 Å². The summed E-state index contributed by atoms with van der Waals surface area (Å²) in [6.07, 6.45) is 2.76. The minimum atomic E-state index is -1.30. The van der Waals surface area contributed by atoms with Crippen LogP contribution in [-0.2, 0) is 11.3 Å². The van der Waals surface area contributed by atoms with Gasteiger partial charge in [-0.15, -0.1) is 11.3 Å². The predicted octanol–water partition coefficient (Wildman–Crippen LogP) is 4.87. The molecule has 0 spiro atoms. The van der Waals surface area contributed by atoms with Gasteiger partial charge < -0.3 is 15.0 Å². The largest absolute Gasteiger partial charge is 0.378 e. The smallest absolute Gasteiger partial charge is 0.257 e. The first-order valence-corrected chi connectivity index (χ1v) is 10.7. The third-order valence-corrected chi connectivity index (χ3v) is 6.50. The van der Waals surface area contributed by atoms with Gasteiger partial charge in [0.25, 0.3) is 5.91 Å². The third kappa shape index (κ3) is 4.12. The normalized spacial score (nSPS) is 14.8. The number of aromatic nitrogens is 1. The van der Waals surface area contributed by atoms with Crippen molar-refractivity contribution in [1.29, 1.82) is 0 Å². The molecular formula is C21H19Cl2N3O2S. The van der Waals surface area contributed by atoms with Crippen LogP contribution in [0.25, 0.3) is 10.2 Å². The highest BCUT2D eigenvalue weighted by Crippen LogP contribution is 2.39. The van der Waals surface area contributed by atoms with E-state index in [0.717, 1.165) is 27.2 Å². The van der Waals surface area contributed by atoms with Gasteiger partial charge in [0.05, 0.1) is 4.34 Å². The van der Waals surface area contributed by atoms with E-state index >= 15 is 0 Å². The van der Waals surface area contributed by atoms with Crippen LogP contribution in [0.2, 0.25) is 9.36 Å². The van der Waals surface area contributed by atoms with Gasteiger partial charge in [-0.1, -0.05) is 35.3 Å². The number of hydrogen-bond acceptors (Lipinski definition) is 4. The third-order valence-electron chi connectivity index (χ3n) is 4.96. The molecule has 5 nitrogen and oxygen atoms in total. The number of hydrogen-bond donors (Lipinski definition) is 2. The highest BCUT2D eigenvalue weighted by Gasteiger charge is 2.27. The molecule has 3 heterocycles. The van der Waals surface area contributed by atoms with Crippen LogP contribution in [0.1, 0.15) is 29.3 Å². The monoisotopic (exact) mass is 447 g/mol. The van der Waals surface area contributed by atoms with Gasteiger partial charge in [-0.25, -0.2) is 0 Å². The van der Waals surface area contributed by atoms with Gasteiger partial charge in [-0.3, -0.25) is 9.79 Å². The number of aliphatic imine (C=N–C) groups is 1. The molecule has 1 aliphatic heterocycles. The van der Waals surface area contributed by atoms with E-state index in [0.29, 0.717) is 34.4 Å². The van der Waals surface area contributed by atoms with E-state index in [9.17, 15) is 9.90 Å². The van der Waals surface area contributed by atoms with Gasteiger partial charge in [0.2, 0.25) is 0 Å². The number of fused-ring (bicyclic) bond motifs is 1. The van der Waals surface area contributed by atoms with Crippen molar-refractivity contribution < 1.29 is 9.90 Å². The lowest BCUT2D eigenvalue weighted by molar-refractivity contribution is -0.128. The number of aliphatic hydroxyl groups is 1. The zero-order valence-electron chi connectivity index (χ0n) is 15.7. The lowest BCUT2D eigenvalue weighted by Crippen LogP contribution is -2.30. The maximum Gasteiger partial charge on any atom is 0.257 e. The van der Waals surface area contributed by atoms with Crippen molar-refractivity contribution in [3.8, 4) is 0 Å². The highest BCUT2D eigenvalue weighted by atomic mass is 35.5. The summed E-state index contributed by atoms with van der Waals surface area (Å²) in [6, 6.07) is 9.42. The molecule has 0 aliphatic carbocycles. The number of carbonyl (C=O) groups is 1. The first kappa shape index (κ1) is 20.2. The minimum Gasteiger partial charge on any atom is -0.378 e. The fraction of sp³-hybridized carbons (Fsp3) is 0.238. The standard InChI is InChI=1S/C21H19Cl2N3O2S/c1-12-18(19(27)20(28)25-15-6-8-24-9-7-15)16-10-17(23)29-21(16)26(12)11-13-2-4-14(22)5-3-13/h2-6,8,10,19,27H,7,9,11H2,1H3,(H,25,28). The van der Waals surface area contributed by atoms with Gasteiger partial charge in [0, 0.05) is 53.1 Å². The molecule has 0 bridgehead atoms. The Kier molecular flexibility index (Phi) is 5.79. The highest BCUT2D eigenvalue weighted by molar-refractivity contribution is 7.22. The van der Waals surface area contributed by atoms with E-state index in [1.54, 1.807) is 12.3 Å². The van der Waals surface area contributed by atoms with Crippen molar-refractivity contribution in [2.45, 2.75) is 26.0 Å². The molecule has 3 aromatic rings. The Morgan fingerprint density at radius 1 is 1.34 bits per heavy atom. The number of aliphatic hydroxyl groups excluding tert-OH is 1. The molecule has 1 aliphatic rings. The van der Waals surface area contributed by atoms with Gasteiger partial charge in [-0.05, 0) is 36.8 Å². The number of amides is 1. The van der Waals surface area contributed by atoms with Crippen molar-refractivity contribution in [3.05, 3.63) is 68.3 Å². The van der Waals surface area contributed by atoms with Crippen molar-refractivity contribution in [1.82, 2.24) is 9.88 Å². The molecule has 0 saturated carbocycles. The Morgan fingerprint density at radius 3 is 2.79 bits per heavy atom. The summed E-state index contributed by atoms with van der Waals surface area (Å²) in [4.78, 5) is 17.7. The zero-order valence-corrected chi connectivity index (χ0v) is 18.0. The maximum absolute atomic E-state index is 12.7. The lowest BCUT2D eigenvalue weighted by atomic mass is 10.1. The van der Waals surface area contributed by atoms with Crippen LogP contribution in [0.4, 0.5) is 0 Å². The number of rotatable bonds is 5. The Labute approximate surface area is 182 Å². The van der Waals surface area contributed by atoms with Gasteiger partial charge in [0.15, 0.2) is 6.10 Å². The summed E-state index contributed by atoms with van der Waals surface area (Å²) >= 11 is 13.7. The number of dihydropyridines is 1. The topological polar surface area (TPSA) is 66.6 Å². The van der Waals surface area contributed by atoms with Crippen molar-refractivity contribution in [2.75, 3.05) is 6.54 Å². The Morgan fingerprint density at radius 2 is 2.10 bits per heavy atom. The predicted molar refractivity (Wildman–Crippen MR) is 119 cm³/mol. The molecule has 1 amide bonds. The maximum atomic E-state index is 12.7. The molecular weight excluding hydrogens is 429 g/mol. The fourth-order valence-corrected chi connectivity index (χ4v) is 4.90. The first-order valence-electron chi connectivity index (χ1n) is 9.14. The number of allylic oxidation sites excluding steroid dienone is 1. The zero-order chi connectivity index (χ0) is 20.5.